The maximum absolute atomic E-state index is 12.7. The van der Waals surface area contributed by atoms with E-state index in [9.17, 15) is 18.3 Å². The second-order valence-electron chi connectivity index (χ2n) is 6.50. The van der Waals surface area contributed by atoms with E-state index in [-0.39, 0.29) is 24.7 Å². The van der Waals surface area contributed by atoms with Crippen molar-refractivity contribution in [3.8, 4) is 10.6 Å². The van der Waals surface area contributed by atoms with Crippen LogP contribution >= 0.6 is 11.3 Å². The van der Waals surface area contributed by atoms with Crippen LogP contribution in [-0.4, -0.2) is 72.7 Å². The second kappa shape index (κ2) is 7.43. The molecule has 1 fully saturated rings. The summed E-state index contributed by atoms with van der Waals surface area (Å²) >= 11 is 1.38. The number of aliphatic hydroxyl groups is 1. The Kier molecular flexibility index (Phi) is 5.42. The Hall–Kier alpha value is -1.81. The molecule has 0 radical (unpaired) electrons. The first-order chi connectivity index (χ1) is 12.3. The molecule has 0 spiro atoms. The van der Waals surface area contributed by atoms with Crippen molar-refractivity contribution in [3.05, 3.63) is 41.4 Å². The lowest BCUT2D eigenvalue weighted by Gasteiger charge is -2.17. The summed E-state index contributed by atoms with van der Waals surface area (Å²) in [4.78, 5) is 18.6. The van der Waals surface area contributed by atoms with Crippen molar-refractivity contribution in [2.75, 3.05) is 32.9 Å². The van der Waals surface area contributed by atoms with E-state index in [0.29, 0.717) is 5.69 Å². The molecule has 1 saturated heterocycles. The van der Waals surface area contributed by atoms with Crippen LogP contribution in [0.2, 0.25) is 0 Å². The number of carbonyl (C=O) groups is 1. The predicted octanol–water partition coefficient (Wildman–Crippen LogP) is 1.13. The smallest absolute Gasteiger partial charge is 0.273 e. The molecular formula is C17H21N3O4S2. The molecule has 9 heteroatoms. The third-order valence-electron chi connectivity index (χ3n) is 4.42. The van der Waals surface area contributed by atoms with Gasteiger partial charge in [-0.2, -0.15) is 0 Å². The molecule has 1 aliphatic rings. The number of carbonyl (C=O) groups excluding carboxylic acids is 1. The zero-order chi connectivity index (χ0) is 18.9. The van der Waals surface area contributed by atoms with Crippen molar-refractivity contribution in [1.82, 2.24) is 14.2 Å². The molecule has 26 heavy (non-hydrogen) atoms. The van der Waals surface area contributed by atoms with Crippen molar-refractivity contribution < 1.29 is 18.3 Å². The van der Waals surface area contributed by atoms with Gasteiger partial charge in [0.05, 0.1) is 11.9 Å². The summed E-state index contributed by atoms with van der Waals surface area (Å²) in [6, 6.07) is 9.58. The molecule has 1 aromatic carbocycles. The summed E-state index contributed by atoms with van der Waals surface area (Å²) in [6.45, 7) is 0.315. The monoisotopic (exact) mass is 395 g/mol. The topological polar surface area (TPSA) is 90.8 Å². The number of amides is 1. The Morgan fingerprint density at radius 2 is 2.00 bits per heavy atom. The SMILES string of the molecule is CN(C)S(=O)(=O)C[C@@H]1CN(C(=O)c2csc(-c3ccccc3)n2)C[C@H]1O. The lowest BCUT2D eigenvalue weighted by molar-refractivity contribution is 0.0760. The van der Waals surface area contributed by atoms with E-state index in [2.05, 4.69) is 4.98 Å². The van der Waals surface area contributed by atoms with Gasteiger partial charge in [0.25, 0.3) is 5.91 Å². The standard InChI is InChI=1S/C17H21N3O4S2/c1-19(2)26(23,24)11-13-8-20(9-15(13)21)17(22)14-10-25-16(18-14)12-6-4-3-5-7-12/h3-7,10,13,15,21H,8-9,11H2,1-2H3/t13-,15+/m0/s1. The largest absolute Gasteiger partial charge is 0.391 e. The molecule has 2 heterocycles. The summed E-state index contributed by atoms with van der Waals surface area (Å²) in [5, 5.41) is 12.6. The molecular weight excluding hydrogens is 374 g/mol. The van der Waals surface area contributed by atoms with Gasteiger partial charge in [-0.3, -0.25) is 4.79 Å². The molecule has 0 saturated carbocycles. The van der Waals surface area contributed by atoms with Crippen LogP contribution < -0.4 is 0 Å². The number of aliphatic hydroxyl groups excluding tert-OH is 1. The van der Waals surface area contributed by atoms with Gasteiger partial charge in [-0.15, -0.1) is 11.3 Å². The summed E-state index contributed by atoms with van der Waals surface area (Å²) in [6.07, 6.45) is -0.860. The number of rotatable bonds is 5. The zero-order valence-corrected chi connectivity index (χ0v) is 16.2. The Labute approximate surface area is 156 Å². The van der Waals surface area contributed by atoms with E-state index >= 15 is 0 Å². The first-order valence-corrected chi connectivity index (χ1v) is 10.7. The van der Waals surface area contributed by atoms with Crippen molar-refractivity contribution >= 4 is 27.3 Å². The summed E-state index contributed by atoms with van der Waals surface area (Å²) in [7, 11) is -0.522. The lowest BCUT2D eigenvalue weighted by Crippen LogP contribution is -2.33. The number of hydrogen-bond acceptors (Lipinski definition) is 6. The second-order valence-corrected chi connectivity index (χ2v) is 9.59. The molecule has 1 amide bonds. The summed E-state index contributed by atoms with van der Waals surface area (Å²) in [5.74, 6) is -0.970. The Balaban J connectivity index is 1.71. The molecule has 1 N–H and O–H groups in total. The van der Waals surface area contributed by atoms with Gasteiger partial charge in [0.2, 0.25) is 10.0 Å². The minimum atomic E-state index is -3.44. The quantitative estimate of drug-likeness (QED) is 0.820. The normalized spacial score (nSPS) is 20.7. The zero-order valence-electron chi connectivity index (χ0n) is 14.6. The molecule has 140 valence electrons. The van der Waals surface area contributed by atoms with E-state index in [4.69, 9.17) is 0 Å². The van der Waals surface area contributed by atoms with Gasteiger partial charge in [0.1, 0.15) is 10.7 Å². The predicted molar refractivity (Wildman–Crippen MR) is 100 cm³/mol. The number of β-amino-alcohol motifs (C(OH)–C–C–N with tert-alkyl or cyclic N) is 1. The number of hydrogen-bond donors (Lipinski definition) is 1. The van der Waals surface area contributed by atoms with Crippen LogP contribution in [0.15, 0.2) is 35.7 Å². The highest BCUT2D eigenvalue weighted by atomic mass is 32.2. The fourth-order valence-electron chi connectivity index (χ4n) is 2.85. The molecule has 1 aliphatic heterocycles. The first-order valence-electron chi connectivity index (χ1n) is 8.16. The number of benzene rings is 1. The van der Waals surface area contributed by atoms with Crippen molar-refractivity contribution in [2.45, 2.75) is 6.10 Å². The fraction of sp³-hybridized carbons (Fsp3) is 0.412. The van der Waals surface area contributed by atoms with Crippen LogP contribution in [0, 0.1) is 5.92 Å². The van der Waals surface area contributed by atoms with Crippen LogP contribution in [0.5, 0.6) is 0 Å². The van der Waals surface area contributed by atoms with E-state index in [0.717, 1.165) is 14.9 Å². The van der Waals surface area contributed by atoms with Crippen LogP contribution in [0.1, 0.15) is 10.5 Å². The summed E-state index contributed by atoms with van der Waals surface area (Å²) in [5.41, 5.74) is 1.25. The molecule has 7 nitrogen and oxygen atoms in total. The molecule has 2 atom stereocenters. The van der Waals surface area contributed by atoms with E-state index < -0.39 is 22.0 Å². The lowest BCUT2D eigenvalue weighted by atomic mass is 10.1. The van der Waals surface area contributed by atoms with Crippen LogP contribution in [0.3, 0.4) is 0 Å². The molecule has 1 aromatic heterocycles. The minimum absolute atomic E-state index is 0.116. The van der Waals surface area contributed by atoms with Crippen molar-refractivity contribution in [1.29, 1.82) is 0 Å². The van der Waals surface area contributed by atoms with Crippen molar-refractivity contribution in [3.63, 3.8) is 0 Å². The Morgan fingerprint density at radius 1 is 1.31 bits per heavy atom. The molecule has 0 unspecified atom stereocenters. The molecule has 2 aromatic rings. The van der Waals surface area contributed by atoms with Gasteiger partial charge >= 0.3 is 0 Å². The van der Waals surface area contributed by atoms with Crippen LogP contribution in [0.25, 0.3) is 10.6 Å². The highest BCUT2D eigenvalue weighted by Gasteiger charge is 2.38. The van der Waals surface area contributed by atoms with Crippen molar-refractivity contribution in [2.24, 2.45) is 5.92 Å². The third kappa shape index (κ3) is 3.96. The molecule has 3 rings (SSSR count). The van der Waals surface area contributed by atoms with E-state index in [1.807, 2.05) is 30.3 Å². The minimum Gasteiger partial charge on any atom is -0.391 e. The highest BCUT2D eigenvalue weighted by molar-refractivity contribution is 7.89. The fourth-order valence-corrected chi connectivity index (χ4v) is 4.82. The Bertz CT molecular complexity index is 880. The average molecular weight is 396 g/mol. The number of nitrogens with zero attached hydrogens (tertiary/aromatic N) is 3. The summed E-state index contributed by atoms with van der Waals surface area (Å²) < 4.78 is 25.2. The average Bonchev–Trinajstić information content (AvgIpc) is 3.22. The number of likely N-dealkylation sites (tertiary alicyclic amines) is 1. The van der Waals surface area contributed by atoms with Gasteiger partial charge in [0.15, 0.2) is 0 Å². The van der Waals surface area contributed by atoms with Gasteiger partial charge in [-0.1, -0.05) is 30.3 Å². The maximum Gasteiger partial charge on any atom is 0.273 e. The van der Waals surface area contributed by atoms with Gasteiger partial charge < -0.3 is 10.0 Å². The van der Waals surface area contributed by atoms with Gasteiger partial charge in [-0.05, 0) is 0 Å². The highest BCUT2D eigenvalue weighted by Crippen LogP contribution is 2.26. The number of sulfonamides is 1. The molecule has 0 bridgehead atoms. The first kappa shape index (κ1) is 19.0. The van der Waals surface area contributed by atoms with Gasteiger partial charge in [0, 0.05) is 44.0 Å². The number of thiazole rings is 1. The Morgan fingerprint density at radius 3 is 2.65 bits per heavy atom. The van der Waals surface area contributed by atoms with E-state index in [1.165, 1.54) is 30.3 Å². The van der Waals surface area contributed by atoms with E-state index in [1.54, 1.807) is 5.38 Å². The number of aromatic nitrogens is 1. The van der Waals surface area contributed by atoms with Gasteiger partial charge in [-0.25, -0.2) is 17.7 Å². The molecule has 0 aliphatic carbocycles. The van der Waals surface area contributed by atoms with Crippen LogP contribution in [0.4, 0.5) is 0 Å². The van der Waals surface area contributed by atoms with Crippen LogP contribution in [-0.2, 0) is 10.0 Å². The third-order valence-corrected chi connectivity index (χ3v) is 7.27. The maximum atomic E-state index is 12.7.